The van der Waals surface area contributed by atoms with Crippen molar-refractivity contribution in [2.75, 3.05) is 6.54 Å². The lowest BCUT2D eigenvalue weighted by molar-refractivity contribution is 0.0585. The lowest BCUT2D eigenvalue weighted by Crippen LogP contribution is -2.51. The number of aryl methyl sites for hydroxylation is 1. The maximum Gasteiger partial charge on any atom is 0.259 e. The van der Waals surface area contributed by atoms with Gasteiger partial charge in [-0.25, -0.2) is 4.98 Å². The molecule has 2 atom stereocenters. The number of halogens is 1. The zero-order chi connectivity index (χ0) is 17.4. The first kappa shape index (κ1) is 19.7. The molecular weight excluding hydrogens is 340 g/mol. The van der Waals surface area contributed by atoms with Crippen LogP contribution in [0.4, 0.5) is 0 Å². The number of piperidine rings is 1. The van der Waals surface area contributed by atoms with Crippen molar-refractivity contribution in [2.24, 2.45) is 5.73 Å². The second kappa shape index (κ2) is 7.70. The van der Waals surface area contributed by atoms with Gasteiger partial charge in [-0.05, 0) is 45.1 Å². The van der Waals surface area contributed by atoms with E-state index >= 15 is 0 Å². The fourth-order valence-electron chi connectivity index (χ4n) is 3.57. The van der Waals surface area contributed by atoms with Crippen molar-refractivity contribution in [1.82, 2.24) is 15.0 Å². The number of likely N-dealkylation sites (tertiary alicyclic amines) is 1. The summed E-state index contributed by atoms with van der Waals surface area (Å²) >= 11 is 0. The molecule has 1 saturated heterocycles. The van der Waals surface area contributed by atoms with Crippen molar-refractivity contribution in [3.05, 3.63) is 23.0 Å². The van der Waals surface area contributed by atoms with Gasteiger partial charge in [0.2, 0.25) is 0 Å². The van der Waals surface area contributed by atoms with Gasteiger partial charge in [0.15, 0.2) is 0 Å². The van der Waals surface area contributed by atoms with Crippen molar-refractivity contribution in [3.8, 4) is 0 Å². The van der Waals surface area contributed by atoms with E-state index in [9.17, 15) is 4.79 Å². The number of hydrogen-bond acceptors (Lipinski definition) is 5. The molecule has 3 heterocycles. The first-order chi connectivity index (χ1) is 11.4. The molecule has 7 heteroatoms. The molecule has 0 saturated carbocycles. The fraction of sp³-hybridized carbons (Fsp3) is 0.611. The van der Waals surface area contributed by atoms with Gasteiger partial charge in [-0.3, -0.25) is 4.79 Å². The third-order valence-corrected chi connectivity index (χ3v) is 4.80. The fourth-order valence-corrected chi connectivity index (χ4v) is 3.57. The Bertz CT molecular complexity index is 757. The average Bonchev–Trinajstić information content (AvgIpc) is 2.97. The highest BCUT2D eigenvalue weighted by atomic mass is 35.5. The van der Waals surface area contributed by atoms with Crippen LogP contribution in [0.1, 0.15) is 67.7 Å². The van der Waals surface area contributed by atoms with E-state index in [1.165, 1.54) is 0 Å². The van der Waals surface area contributed by atoms with Gasteiger partial charge in [-0.2, -0.15) is 0 Å². The van der Waals surface area contributed by atoms with E-state index in [1.807, 2.05) is 38.7 Å². The SMILES string of the molecule is Cc1cc(C(=O)N2CCCCC2C(C)N)c2c(C(C)C)noc2n1.Cl. The Hall–Kier alpha value is -1.66. The van der Waals surface area contributed by atoms with Crippen LogP contribution in [0.25, 0.3) is 11.1 Å². The predicted octanol–water partition coefficient (Wildman–Crippen LogP) is 3.42. The molecule has 0 aliphatic carbocycles. The Morgan fingerprint density at radius 2 is 2.08 bits per heavy atom. The third kappa shape index (κ3) is 3.65. The van der Waals surface area contributed by atoms with Crippen LogP contribution in [0.5, 0.6) is 0 Å². The van der Waals surface area contributed by atoms with Crippen molar-refractivity contribution in [1.29, 1.82) is 0 Å². The Morgan fingerprint density at radius 1 is 1.36 bits per heavy atom. The van der Waals surface area contributed by atoms with Crippen molar-refractivity contribution in [3.63, 3.8) is 0 Å². The molecule has 2 aromatic rings. The van der Waals surface area contributed by atoms with Gasteiger partial charge in [-0.1, -0.05) is 19.0 Å². The number of aromatic nitrogens is 2. The highest BCUT2D eigenvalue weighted by molar-refractivity contribution is 6.06. The molecular formula is C18H27ClN4O2. The molecule has 6 nitrogen and oxygen atoms in total. The summed E-state index contributed by atoms with van der Waals surface area (Å²) in [5.41, 5.74) is 8.76. The highest BCUT2D eigenvalue weighted by Gasteiger charge is 2.32. The monoisotopic (exact) mass is 366 g/mol. The van der Waals surface area contributed by atoms with E-state index in [4.69, 9.17) is 10.3 Å². The third-order valence-electron chi connectivity index (χ3n) is 4.80. The molecule has 1 fully saturated rings. The average molecular weight is 367 g/mol. The number of fused-ring (bicyclic) bond motifs is 1. The van der Waals surface area contributed by atoms with Gasteiger partial charge in [0.25, 0.3) is 11.6 Å². The number of carbonyl (C=O) groups is 1. The molecule has 0 bridgehead atoms. The van der Waals surface area contributed by atoms with Crippen LogP contribution in [-0.4, -0.2) is 39.6 Å². The van der Waals surface area contributed by atoms with E-state index in [1.54, 1.807) is 0 Å². The number of rotatable bonds is 3. The molecule has 1 amide bonds. The number of nitrogens with two attached hydrogens (primary N) is 1. The molecule has 0 spiro atoms. The van der Waals surface area contributed by atoms with Crippen LogP contribution in [0, 0.1) is 6.92 Å². The van der Waals surface area contributed by atoms with Crippen LogP contribution in [0.15, 0.2) is 10.6 Å². The molecule has 1 aliphatic heterocycles. The van der Waals surface area contributed by atoms with Crippen molar-refractivity contribution >= 4 is 29.4 Å². The minimum Gasteiger partial charge on any atom is -0.335 e. The van der Waals surface area contributed by atoms with Crippen LogP contribution < -0.4 is 5.73 Å². The van der Waals surface area contributed by atoms with Gasteiger partial charge in [0.1, 0.15) is 0 Å². The van der Waals surface area contributed by atoms with Gasteiger partial charge in [0, 0.05) is 24.3 Å². The first-order valence-corrected chi connectivity index (χ1v) is 8.73. The zero-order valence-corrected chi connectivity index (χ0v) is 16.1. The van der Waals surface area contributed by atoms with Crippen molar-refractivity contribution in [2.45, 2.75) is 65.0 Å². The van der Waals surface area contributed by atoms with Gasteiger partial charge >= 0.3 is 0 Å². The largest absolute Gasteiger partial charge is 0.335 e. The van der Waals surface area contributed by atoms with Gasteiger partial charge in [-0.15, -0.1) is 12.4 Å². The number of hydrogen-bond donors (Lipinski definition) is 1. The molecule has 25 heavy (non-hydrogen) atoms. The molecule has 0 aromatic carbocycles. The maximum absolute atomic E-state index is 13.3. The lowest BCUT2D eigenvalue weighted by Gasteiger charge is -2.38. The summed E-state index contributed by atoms with van der Waals surface area (Å²) in [6, 6.07) is 1.89. The lowest BCUT2D eigenvalue weighted by atomic mass is 9.95. The number of pyridine rings is 1. The van der Waals surface area contributed by atoms with Crippen LogP contribution >= 0.6 is 12.4 Å². The first-order valence-electron chi connectivity index (χ1n) is 8.73. The minimum absolute atomic E-state index is 0. The second-order valence-corrected chi connectivity index (χ2v) is 7.13. The molecule has 2 unspecified atom stereocenters. The second-order valence-electron chi connectivity index (χ2n) is 7.13. The smallest absolute Gasteiger partial charge is 0.259 e. The Balaban J connectivity index is 0.00000225. The predicted molar refractivity (Wildman–Crippen MR) is 100 cm³/mol. The number of carbonyl (C=O) groups excluding carboxylic acids is 1. The van der Waals surface area contributed by atoms with E-state index in [2.05, 4.69) is 10.1 Å². The topological polar surface area (TPSA) is 85.2 Å². The molecule has 3 rings (SSSR count). The summed E-state index contributed by atoms with van der Waals surface area (Å²) in [4.78, 5) is 19.7. The number of amides is 1. The summed E-state index contributed by atoms with van der Waals surface area (Å²) in [7, 11) is 0. The van der Waals surface area contributed by atoms with Gasteiger partial charge in [0.05, 0.1) is 16.6 Å². The summed E-state index contributed by atoms with van der Waals surface area (Å²) in [6.45, 7) is 8.67. The van der Waals surface area contributed by atoms with Gasteiger partial charge < -0.3 is 15.2 Å². The van der Waals surface area contributed by atoms with Crippen LogP contribution in [-0.2, 0) is 0 Å². The number of nitrogens with zero attached hydrogens (tertiary/aromatic N) is 3. The summed E-state index contributed by atoms with van der Waals surface area (Å²) in [5, 5.41) is 4.89. The Kier molecular flexibility index (Phi) is 6.06. The van der Waals surface area contributed by atoms with Crippen LogP contribution in [0.2, 0.25) is 0 Å². The normalized spacial score (nSPS) is 19.1. The van der Waals surface area contributed by atoms with Crippen LogP contribution in [0.3, 0.4) is 0 Å². The highest BCUT2D eigenvalue weighted by Crippen LogP contribution is 2.30. The molecule has 138 valence electrons. The Morgan fingerprint density at radius 3 is 2.72 bits per heavy atom. The molecule has 1 aliphatic rings. The van der Waals surface area contributed by atoms with Crippen molar-refractivity contribution < 1.29 is 9.32 Å². The maximum atomic E-state index is 13.3. The van der Waals surface area contributed by atoms with E-state index in [-0.39, 0.29) is 36.3 Å². The summed E-state index contributed by atoms with van der Waals surface area (Å²) in [6.07, 6.45) is 3.09. The van der Waals surface area contributed by atoms with E-state index < -0.39 is 0 Å². The zero-order valence-electron chi connectivity index (χ0n) is 15.3. The minimum atomic E-state index is -0.0419. The molecule has 2 aromatic heterocycles. The molecule has 2 N–H and O–H groups in total. The summed E-state index contributed by atoms with van der Waals surface area (Å²) in [5.74, 6) is 0.172. The molecule has 0 radical (unpaired) electrons. The Labute approximate surface area is 154 Å². The standard InChI is InChI=1S/C18H26N4O2.ClH/c1-10(2)16-15-13(9-11(3)20-17(15)24-21-16)18(23)22-8-6-5-7-14(22)12(4)19;/h9-10,12,14H,5-8,19H2,1-4H3;1H. The summed E-state index contributed by atoms with van der Waals surface area (Å²) < 4.78 is 5.39. The quantitative estimate of drug-likeness (QED) is 0.899. The van der Waals surface area contributed by atoms with E-state index in [0.29, 0.717) is 11.3 Å². The van der Waals surface area contributed by atoms with E-state index in [0.717, 1.165) is 42.6 Å².